The molecule has 2 bridgehead atoms. The van der Waals surface area contributed by atoms with Crippen molar-refractivity contribution in [2.45, 2.75) is 82.0 Å². The van der Waals surface area contributed by atoms with Gasteiger partial charge in [-0.25, -0.2) is 0 Å². The molecule has 0 amide bonds. The summed E-state index contributed by atoms with van der Waals surface area (Å²) in [5.74, 6) is 0. The van der Waals surface area contributed by atoms with Crippen LogP contribution in [0.4, 0.5) is 0 Å². The van der Waals surface area contributed by atoms with Gasteiger partial charge in [0.25, 0.3) is 0 Å². The Balaban J connectivity index is 2.16. The Kier molecular flexibility index (Phi) is 2.77. The largest absolute Gasteiger partial charge is 0.412 e. The molecule has 0 aromatic heterocycles. The first kappa shape index (κ1) is 12.8. The van der Waals surface area contributed by atoms with E-state index in [2.05, 4.69) is 39.3 Å². The SMILES string of the molecule is C[Si](C)(C)OC12CCC([Si](C)(C)C)(CC1)C2. The third-order valence-electron chi connectivity index (χ3n) is 4.89. The zero-order valence-electron chi connectivity index (χ0n) is 11.9. The Labute approximate surface area is 103 Å². The molecule has 1 nitrogen and oxygen atoms in total. The smallest absolute Gasteiger partial charge is 0.184 e. The summed E-state index contributed by atoms with van der Waals surface area (Å²) >= 11 is 0. The molecule has 2 fully saturated rings. The molecular weight excluding hydrogens is 228 g/mol. The van der Waals surface area contributed by atoms with Crippen LogP contribution < -0.4 is 0 Å². The summed E-state index contributed by atoms with van der Waals surface area (Å²) in [4.78, 5) is 0. The van der Waals surface area contributed by atoms with Gasteiger partial charge in [0.2, 0.25) is 0 Å². The topological polar surface area (TPSA) is 9.23 Å². The first-order valence-electron chi connectivity index (χ1n) is 6.78. The van der Waals surface area contributed by atoms with Crippen molar-refractivity contribution in [3.63, 3.8) is 0 Å². The van der Waals surface area contributed by atoms with Crippen LogP contribution in [0.15, 0.2) is 0 Å². The zero-order valence-corrected chi connectivity index (χ0v) is 13.9. The monoisotopic (exact) mass is 256 g/mol. The van der Waals surface area contributed by atoms with Gasteiger partial charge in [-0.3, -0.25) is 0 Å². The summed E-state index contributed by atoms with van der Waals surface area (Å²) in [5.41, 5.74) is 0.310. The summed E-state index contributed by atoms with van der Waals surface area (Å²) in [6.07, 6.45) is 6.99. The van der Waals surface area contributed by atoms with E-state index in [-0.39, 0.29) is 0 Å². The van der Waals surface area contributed by atoms with Gasteiger partial charge in [0.1, 0.15) is 0 Å². The van der Waals surface area contributed by atoms with Crippen LogP contribution >= 0.6 is 0 Å². The minimum absolute atomic E-state index is 0.310. The lowest BCUT2D eigenvalue weighted by molar-refractivity contribution is 0.0722. The molecule has 0 saturated heterocycles. The first-order valence-corrected chi connectivity index (χ1v) is 13.7. The minimum atomic E-state index is -1.37. The number of hydrogen-bond donors (Lipinski definition) is 0. The molecule has 2 rings (SSSR count). The van der Waals surface area contributed by atoms with Gasteiger partial charge in [-0.15, -0.1) is 0 Å². The van der Waals surface area contributed by atoms with Crippen molar-refractivity contribution in [3.8, 4) is 0 Å². The van der Waals surface area contributed by atoms with Crippen LogP contribution in [0.3, 0.4) is 0 Å². The van der Waals surface area contributed by atoms with Crippen LogP contribution in [0, 0.1) is 0 Å². The van der Waals surface area contributed by atoms with Crippen molar-refractivity contribution in [1.82, 2.24) is 0 Å². The van der Waals surface area contributed by atoms with E-state index in [1.807, 2.05) is 0 Å². The van der Waals surface area contributed by atoms with Crippen LogP contribution in [-0.4, -0.2) is 22.0 Å². The second kappa shape index (κ2) is 3.45. The van der Waals surface area contributed by atoms with E-state index < -0.39 is 16.4 Å². The molecule has 0 aromatic carbocycles. The highest BCUT2D eigenvalue weighted by molar-refractivity contribution is 6.79. The Bertz CT molecular complexity index is 277. The van der Waals surface area contributed by atoms with Crippen molar-refractivity contribution >= 4 is 16.4 Å². The Morgan fingerprint density at radius 2 is 1.31 bits per heavy atom. The van der Waals surface area contributed by atoms with Crippen LogP contribution in [0.2, 0.25) is 44.3 Å². The maximum atomic E-state index is 6.56. The highest BCUT2D eigenvalue weighted by Gasteiger charge is 2.60. The van der Waals surface area contributed by atoms with Gasteiger partial charge in [0.05, 0.1) is 13.7 Å². The highest BCUT2D eigenvalue weighted by atomic mass is 28.4. The highest BCUT2D eigenvalue weighted by Crippen LogP contribution is 2.67. The Morgan fingerprint density at radius 1 is 0.812 bits per heavy atom. The minimum Gasteiger partial charge on any atom is -0.412 e. The number of hydrogen-bond acceptors (Lipinski definition) is 1. The molecule has 0 aliphatic heterocycles. The van der Waals surface area contributed by atoms with E-state index in [1.54, 1.807) is 0 Å². The van der Waals surface area contributed by atoms with Crippen LogP contribution in [0.25, 0.3) is 0 Å². The van der Waals surface area contributed by atoms with Crippen LogP contribution in [0.5, 0.6) is 0 Å². The van der Waals surface area contributed by atoms with E-state index in [4.69, 9.17) is 4.43 Å². The predicted molar refractivity (Wildman–Crippen MR) is 76.3 cm³/mol. The average Bonchev–Trinajstić information content (AvgIpc) is 2.54. The van der Waals surface area contributed by atoms with E-state index in [0.29, 0.717) is 10.6 Å². The van der Waals surface area contributed by atoms with Crippen molar-refractivity contribution in [2.24, 2.45) is 0 Å². The molecule has 2 saturated carbocycles. The summed E-state index contributed by atoms with van der Waals surface area (Å²) in [7, 11) is -2.39. The van der Waals surface area contributed by atoms with Gasteiger partial charge in [0, 0.05) is 0 Å². The zero-order chi connectivity index (χ0) is 12.2. The number of rotatable bonds is 3. The Hall–Kier alpha value is 0.394. The number of fused-ring (bicyclic) bond motifs is 2. The van der Waals surface area contributed by atoms with E-state index in [1.165, 1.54) is 32.1 Å². The third-order valence-corrected chi connectivity index (χ3v) is 9.80. The standard InChI is InChI=1S/C13H28OSi2/c1-15(2,3)13-9-7-12(11-13,8-10-13)14-16(4,5)6/h7-11H2,1-6H3. The summed E-state index contributed by atoms with van der Waals surface area (Å²) in [6, 6.07) is 0. The second-order valence-corrected chi connectivity index (χ2v) is 18.1. The van der Waals surface area contributed by atoms with Gasteiger partial charge in [-0.2, -0.15) is 0 Å². The molecular formula is C13H28OSi2. The van der Waals surface area contributed by atoms with Gasteiger partial charge < -0.3 is 4.43 Å². The average molecular weight is 257 g/mol. The summed E-state index contributed by atoms with van der Waals surface area (Å²) in [5, 5.41) is 0.715. The quantitative estimate of drug-likeness (QED) is 0.669. The molecule has 0 N–H and O–H groups in total. The lowest BCUT2D eigenvalue weighted by atomic mass is 9.97. The van der Waals surface area contributed by atoms with E-state index in [9.17, 15) is 0 Å². The lowest BCUT2D eigenvalue weighted by Gasteiger charge is -2.38. The lowest BCUT2D eigenvalue weighted by Crippen LogP contribution is -2.39. The first-order chi connectivity index (χ1) is 7.08. The maximum absolute atomic E-state index is 6.56. The van der Waals surface area contributed by atoms with Crippen molar-refractivity contribution in [2.75, 3.05) is 0 Å². The molecule has 0 heterocycles. The summed E-state index contributed by atoms with van der Waals surface area (Å²) < 4.78 is 6.56. The molecule has 0 radical (unpaired) electrons. The molecule has 0 atom stereocenters. The van der Waals surface area contributed by atoms with Crippen LogP contribution in [0.1, 0.15) is 32.1 Å². The fraction of sp³-hybridized carbons (Fsp3) is 1.00. The van der Waals surface area contributed by atoms with Gasteiger partial charge >= 0.3 is 0 Å². The molecule has 0 aromatic rings. The van der Waals surface area contributed by atoms with Crippen molar-refractivity contribution < 1.29 is 4.43 Å². The molecule has 16 heavy (non-hydrogen) atoms. The summed E-state index contributed by atoms with van der Waals surface area (Å²) in [6.45, 7) is 14.7. The molecule has 2 aliphatic carbocycles. The molecule has 0 spiro atoms. The Morgan fingerprint density at radius 3 is 1.62 bits per heavy atom. The van der Waals surface area contributed by atoms with Crippen molar-refractivity contribution in [3.05, 3.63) is 0 Å². The van der Waals surface area contributed by atoms with Crippen molar-refractivity contribution in [1.29, 1.82) is 0 Å². The van der Waals surface area contributed by atoms with Gasteiger partial charge in [-0.1, -0.05) is 19.6 Å². The predicted octanol–water partition coefficient (Wildman–Crippen LogP) is 4.63. The van der Waals surface area contributed by atoms with Gasteiger partial charge in [-0.05, 0) is 56.8 Å². The van der Waals surface area contributed by atoms with E-state index in [0.717, 1.165) is 0 Å². The fourth-order valence-corrected chi connectivity index (χ4v) is 8.14. The molecule has 2 aliphatic rings. The molecule has 94 valence electrons. The third kappa shape index (κ3) is 2.06. The molecule has 0 unspecified atom stereocenters. The maximum Gasteiger partial charge on any atom is 0.184 e. The fourth-order valence-electron chi connectivity index (χ4n) is 3.96. The second-order valence-electron chi connectivity index (χ2n) is 8.10. The van der Waals surface area contributed by atoms with Gasteiger partial charge in [0.15, 0.2) is 8.32 Å². The normalized spacial score (nSPS) is 39.4. The molecule has 3 heteroatoms. The van der Waals surface area contributed by atoms with Crippen LogP contribution in [-0.2, 0) is 4.43 Å². The van der Waals surface area contributed by atoms with E-state index >= 15 is 0 Å².